The Hall–Kier alpha value is -2.87. The van der Waals surface area contributed by atoms with E-state index in [9.17, 15) is 4.79 Å². The molecule has 174 valence electrons. The SMILES string of the molecule is COc1ccc(CCNC(=O)CSc2nnc(-c3cccnc3)n2[C@@H]2CCCC[C@H]2C)cc1. The highest BCUT2D eigenvalue weighted by Crippen LogP contribution is 2.38. The molecule has 0 aliphatic heterocycles. The molecule has 8 heteroatoms. The van der Waals surface area contributed by atoms with Gasteiger partial charge in [0, 0.05) is 30.5 Å². The Bertz CT molecular complexity index is 1040. The second kappa shape index (κ2) is 11.3. The molecule has 1 aromatic carbocycles. The molecule has 3 aromatic rings. The number of carbonyl (C=O) groups is 1. The molecule has 0 unspecified atom stereocenters. The van der Waals surface area contributed by atoms with E-state index in [0.717, 1.165) is 40.7 Å². The van der Waals surface area contributed by atoms with Crippen molar-refractivity contribution in [3.05, 3.63) is 54.4 Å². The number of hydrogen-bond donors (Lipinski definition) is 1. The molecule has 7 nitrogen and oxygen atoms in total. The number of aromatic nitrogens is 4. The van der Waals surface area contributed by atoms with Crippen molar-refractivity contribution in [2.45, 2.75) is 50.2 Å². The molecule has 33 heavy (non-hydrogen) atoms. The van der Waals surface area contributed by atoms with Gasteiger partial charge in [0.15, 0.2) is 11.0 Å². The van der Waals surface area contributed by atoms with Gasteiger partial charge in [-0.3, -0.25) is 14.3 Å². The zero-order chi connectivity index (χ0) is 23.0. The minimum Gasteiger partial charge on any atom is -0.497 e. The maximum absolute atomic E-state index is 12.5. The minimum absolute atomic E-state index is 0.00248. The van der Waals surface area contributed by atoms with Crippen LogP contribution in [-0.4, -0.2) is 45.1 Å². The Kier molecular flexibility index (Phi) is 7.99. The summed E-state index contributed by atoms with van der Waals surface area (Å²) in [4.78, 5) is 16.8. The van der Waals surface area contributed by atoms with E-state index in [2.05, 4.69) is 32.0 Å². The van der Waals surface area contributed by atoms with Crippen molar-refractivity contribution in [3.8, 4) is 17.1 Å². The molecule has 0 spiro atoms. The summed E-state index contributed by atoms with van der Waals surface area (Å²) >= 11 is 1.46. The van der Waals surface area contributed by atoms with Crippen LogP contribution in [0, 0.1) is 5.92 Å². The second-order valence-electron chi connectivity index (χ2n) is 8.48. The number of nitrogens with zero attached hydrogens (tertiary/aromatic N) is 4. The number of ether oxygens (including phenoxy) is 1. The van der Waals surface area contributed by atoms with E-state index in [1.165, 1.54) is 31.0 Å². The predicted octanol–water partition coefficient (Wildman–Crippen LogP) is 4.55. The van der Waals surface area contributed by atoms with Gasteiger partial charge >= 0.3 is 0 Å². The van der Waals surface area contributed by atoms with Gasteiger partial charge in [0.05, 0.1) is 12.9 Å². The molecule has 2 atom stereocenters. The molecule has 1 aliphatic rings. The molecule has 1 saturated carbocycles. The van der Waals surface area contributed by atoms with Crippen molar-refractivity contribution < 1.29 is 9.53 Å². The Labute approximate surface area is 199 Å². The number of thioether (sulfide) groups is 1. The van der Waals surface area contributed by atoms with E-state index >= 15 is 0 Å². The Morgan fingerprint density at radius 2 is 2.00 bits per heavy atom. The van der Waals surface area contributed by atoms with Crippen LogP contribution in [0.1, 0.15) is 44.2 Å². The van der Waals surface area contributed by atoms with Gasteiger partial charge in [-0.05, 0) is 55.0 Å². The fourth-order valence-corrected chi connectivity index (χ4v) is 5.19. The lowest BCUT2D eigenvalue weighted by Crippen LogP contribution is -2.28. The lowest BCUT2D eigenvalue weighted by Gasteiger charge is -2.31. The summed E-state index contributed by atoms with van der Waals surface area (Å²) in [6.07, 6.45) is 9.14. The maximum Gasteiger partial charge on any atom is 0.230 e. The van der Waals surface area contributed by atoms with Crippen molar-refractivity contribution in [1.82, 2.24) is 25.1 Å². The van der Waals surface area contributed by atoms with Crippen LogP contribution in [0.2, 0.25) is 0 Å². The third kappa shape index (κ3) is 5.93. The normalized spacial score (nSPS) is 18.1. The molecule has 0 saturated heterocycles. The monoisotopic (exact) mass is 465 g/mol. The first-order valence-electron chi connectivity index (χ1n) is 11.5. The van der Waals surface area contributed by atoms with Crippen molar-refractivity contribution in [2.24, 2.45) is 5.92 Å². The van der Waals surface area contributed by atoms with Gasteiger partial charge in [-0.15, -0.1) is 10.2 Å². The van der Waals surface area contributed by atoms with Crippen LogP contribution in [-0.2, 0) is 11.2 Å². The fraction of sp³-hybridized carbons (Fsp3) is 0.440. The summed E-state index contributed by atoms with van der Waals surface area (Å²) in [6.45, 7) is 2.90. The quantitative estimate of drug-likeness (QED) is 0.467. The van der Waals surface area contributed by atoms with Crippen LogP contribution in [0.5, 0.6) is 5.75 Å². The highest BCUT2D eigenvalue weighted by atomic mass is 32.2. The van der Waals surface area contributed by atoms with Crippen molar-refractivity contribution in [3.63, 3.8) is 0 Å². The molecular formula is C25H31N5O2S. The zero-order valence-electron chi connectivity index (χ0n) is 19.2. The summed E-state index contributed by atoms with van der Waals surface area (Å²) in [7, 11) is 1.66. The third-order valence-electron chi connectivity index (χ3n) is 6.21. The van der Waals surface area contributed by atoms with E-state index in [4.69, 9.17) is 4.74 Å². The largest absolute Gasteiger partial charge is 0.497 e. The summed E-state index contributed by atoms with van der Waals surface area (Å²) in [5, 5.41) is 12.8. The van der Waals surface area contributed by atoms with Gasteiger partial charge in [-0.1, -0.05) is 43.7 Å². The van der Waals surface area contributed by atoms with Crippen molar-refractivity contribution in [2.75, 3.05) is 19.4 Å². The van der Waals surface area contributed by atoms with Crippen molar-refractivity contribution in [1.29, 1.82) is 0 Å². The number of methoxy groups -OCH3 is 1. The van der Waals surface area contributed by atoms with Gasteiger partial charge in [-0.2, -0.15) is 0 Å². The number of carbonyl (C=O) groups excluding carboxylic acids is 1. The van der Waals surface area contributed by atoms with E-state index < -0.39 is 0 Å². The van der Waals surface area contributed by atoms with E-state index in [0.29, 0.717) is 24.3 Å². The number of pyridine rings is 1. The van der Waals surface area contributed by atoms with E-state index in [1.54, 1.807) is 13.3 Å². The number of amides is 1. The molecule has 1 aliphatic carbocycles. The van der Waals surface area contributed by atoms with Crippen LogP contribution in [0.15, 0.2) is 53.9 Å². The van der Waals surface area contributed by atoms with Crippen molar-refractivity contribution >= 4 is 17.7 Å². The number of rotatable bonds is 9. The van der Waals surface area contributed by atoms with Crippen LogP contribution >= 0.6 is 11.8 Å². The third-order valence-corrected chi connectivity index (χ3v) is 7.15. The molecule has 4 rings (SSSR count). The van der Waals surface area contributed by atoms with Gasteiger partial charge in [0.25, 0.3) is 0 Å². The summed E-state index contributed by atoms with van der Waals surface area (Å²) in [5.41, 5.74) is 2.12. The number of benzene rings is 1. The standard InChI is InChI=1S/C25H31N5O2S/c1-18-6-3-4-8-22(18)30-24(20-7-5-14-26-16-20)28-29-25(30)33-17-23(31)27-15-13-19-9-11-21(32-2)12-10-19/h5,7,9-12,14,16,18,22H,3-4,6,8,13,15,17H2,1-2H3,(H,27,31)/t18-,22-/m1/s1. The Balaban J connectivity index is 1.39. The number of nitrogens with one attached hydrogen (secondary N) is 1. The van der Waals surface area contributed by atoms with Crippen LogP contribution in [0.25, 0.3) is 11.4 Å². The summed E-state index contributed by atoms with van der Waals surface area (Å²) < 4.78 is 7.43. The molecule has 2 aromatic heterocycles. The molecular weight excluding hydrogens is 434 g/mol. The average molecular weight is 466 g/mol. The van der Waals surface area contributed by atoms with Gasteiger partial charge in [0.2, 0.25) is 5.91 Å². The molecule has 0 bridgehead atoms. The minimum atomic E-state index is 0.00248. The predicted molar refractivity (Wildman–Crippen MR) is 130 cm³/mol. The zero-order valence-corrected chi connectivity index (χ0v) is 20.1. The maximum atomic E-state index is 12.5. The first kappa shape index (κ1) is 23.3. The van der Waals surface area contributed by atoms with Crippen LogP contribution in [0.4, 0.5) is 0 Å². The van der Waals surface area contributed by atoms with Gasteiger partial charge in [-0.25, -0.2) is 0 Å². The fourth-order valence-electron chi connectivity index (χ4n) is 4.37. The van der Waals surface area contributed by atoms with Gasteiger partial charge in [0.1, 0.15) is 5.75 Å². The lowest BCUT2D eigenvalue weighted by atomic mass is 9.85. The molecule has 1 amide bonds. The highest BCUT2D eigenvalue weighted by molar-refractivity contribution is 7.99. The van der Waals surface area contributed by atoms with Crippen LogP contribution in [0.3, 0.4) is 0 Å². The van der Waals surface area contributed by atoms with E-state index in [-0.39, 0.29) is 5.91 Å². The van der Waals surface area contributed by atoms with E-state index in [1.807, 2.05) is 42.6 Å². The topological polar surface area (TPSA) is 81.9 Å². The summed E-state index contributed by atoms with van der Waals surface area (Å²) in [5.74, 6) is 2.53. The Morgan fingerprint density at radius 3 is 2.73 bits per heavy atom. The average Bonchev–Trinajstić information content (AvgIpc) is 3.28. The number of hydrogen-bond acceptors (Lipinski definition) is 6. The lowest BCUT2D eigenvalue weighted by molar-refractivity contribution is -0.118. The molecule has 1 N–H and O–H groups in total. The highest BCUT2D eigenvalue weighted by Gasteiger charge is 2.29. The Morgan fingerprint density at radius 1 is 1.18 bits per heavy atom. The second-order valence-corrected chi connectivity index (χ2v) is 9.43. The molecule has 2 heterocycles. The first-order valence-corrected chi connectivity index (χ1v) is 12.5. The van der Waals surface area contributed by atoms with Gasteiger partial charge < -0.3 is 10.1 Å². The first-order chi connectivity index (χ1) is 16.2. The smallest absolute Gasteiger partial charge is 0.230 e. The van der Waals surface area contributed by atoms with Crippen LogP contribution < -0.4 is 10.1 Å². The molecule has 1 fully saturated rings. The summed E-state index contributed by atoms with van der Waals surface area (Å²) in [6, 6.07) is 12.2. The molecule has 0 radical (unpaired) electrons.